The van der Waals surface area contributed by atoms with Gasteiger partial charge in [-0.05, 0) is 30.8 Å². The molecule has 1 aromatic carbocycles. The third-order valence-corrected chi connectivity index (χ3v) is 3.76. The minimum atomic E-state index is 0.156. The number of hydrogen-bond donors (Lipinski definition) is 1. The number of benzene rings is 1. The van der Waals surface area contributed by atoms with E-state index in [1.165, 1.54) is 0 Å². The van der Waals surface area contributed by atoms with Gasteiger partial charge in [-0.2, -0.15) is 0 Å². The summed E-state index contributed by atoms with van der Waals surface area (Å²) in [5.41, 5.74) is 7.01. The first-order valence-corrected chi connectivity index (χ1v) is 7.12. The van der Waals surface area contributed by atoms with Gasteiger partial charge < -0.3 is 15.2 Å². The Bertz CT molecular complexity index is 436. The Hall–Kier alpha value is -0.970. The number of hydrogen-bond acceptors (Lipinski definition) is 4. The fourth-order valence-corrected chi connectivity index (χ4v) is 2.76. The lowest BCUT2D eigenvalue weighted by Gasteiger charge is -2.30. The van der Waals surface area contributed by atoms with Crippen LogP contribution >= 0.6 is 11.6 Å². The summed E-state index contributed by atoms with van der Waals surface area (Å²) in [7, 11) is 0. The topological polar surface area (TPSA) is 47.7 Å². The molecule has 106 valence electrons. The fraction of sp³-hybridized carbons (Fsp3) is 0.571. The molecule has 0 saturated carbocycles. The Balaban J connectivity index is 2.35. The number of nitrogens with zero attached hydrogens (tertiary/aromatic N) is 1. The van der Waals surface area contributed by atoms with Gasteiger partial charge in [-0.15, -0.1) is 0 Å². The van der Waals surface area contributed by atoms with Crippen molar-refractivity contribution in [3.8, 4) is 11.5 Å². The van der Waals surface area contributed by atoms with Gasteiger partial charge in [0.05, 0.1) is 5.02 Å². The maximum atomic E-state index is 6.28. The Morgan fingerprint density at radius 3 is 2.58 bits per heavy atom. The molecule has 0 aromatic heterocycles. The largest absolute Gasteiger partial charge is 0.486 e. The highest BCUT2D eigenvalue weighted by Gasteiger charge is 2.22. The summed E-state index contributed by atoms with van der Waals surface area (Å²) in [5.74, 6) is 1.37. The van der Waals surface area contributed by atoms with E-state index in [-0.39, 0.29) is 6.04 Å². The van der Waals surface area contributed by atoms with Crippen LogP contribution in [-0.2, 0) is 0 Å². The zero-order valence-corrected chi connectivity index (χ0v) is 12.2. The summed E-state index contributed by atoms with van der Waals surface area (Å²) >= 11 is 6.28. The van der Waals surface area contributed by atoms with Crippen LogP contribution in [0.25, 0.3) is 0 Å². The summed E-state index contributed by atoms with van der Waals surface area (Å²) < 4.78 is 11.2. The van der Waals surface area contributed by atoms with Crippen molar-refractivity contribution in [1.29, 1.82) is 0 Å². The Kier molecular flexibility index (Phi) is 4.91. The molecule has 0 radical (unpaired) electrons. The molecule has 4 nitrogen and oxygen atoms in total. The monoisotopic (exact) mass is 284 g/mol. The summed E-state index contributed by atoms with van der Waals surface area (Å²) in [5, 5.41) is 0.595. The minimum absolute atomic E-state index is 0.156. The molecule has 1 atom stereocenters. The molecule has 0 bridgehead atoms. The number of halogens is 1. The highest BCUT2D eigenvalue weighted by molar-refractivity contribution is 6.32. The van der Waals surface area contributed by atoms with Crippen LogP contribution in [-0.4, -0.2) is 37.7 Å². The van der Waals surface area contributed by atoms with Crippen molar-refractivity contribution in [2.24, 2.45) is 5.73 Å². The Morgan fingerprint density at radius 1 is 1.26 bits per heavy atom. The van der Waals surface area contributed by atoms with Crippen molar-refractivity contribution in [1.82, 2.24) is 4.90 Å². The maximum absolute atomic E-state index is 6.28. The molecule has 5 heteroatoms. The molecule has 1 aliphatic rings. The lowest BCUT2D eigenvalue weighted by Crippen LogP contribution is -2.33. The maximum Gasteiger partial charge on any atom is 0.179 e. The number of fused-ring (bicyclic) bond motifs is 1. The molecule has 0 amide bonds. The second kappa shape index (κ2) is 6.46. The lowest BCUT2D eigenvalue weighted by molar-refractivity contribution is 0.170. The van der Waals surface area contributed by atoms with Crippen LogP contribution < -0.4 is 15.2 Å². The summed E-state index contributed by atoms with van der Waals surface area (Å²) in [6.07, 6.45) is 0. The third kappa shape index (κ3) is 2.96. The number of ether oxygens (including phenoxy) is 2. The van der Waals surface area contributed by atoms with Gasteiger partial charge in [0.1, 0.15) is 13.2 Å². The van der Waals surface area contributed by atoms with Crippen molar-refractivity contribution in [2.45, 2.75) is 19.9 Å². The van der Waals surface area contributed by atoms with Crippen LogP contribution in [0.15, 0.2) is 12.1 Å². The molecular formula is C14H21ClN2O2. The predicted molar refractivity (Wildman–Crippen MR) is 77.2 cm³/mol. The van der Waals surface area contributed by atoms with Crippen molar-refractivity contribution in [3.05, 3.63) is 22.7 Å². The first-order chi connectivity index (χ1) is 9.21. The molecule has 19 heavy (non-hydrogen) atoms. The zero-order chi connectivity index (χ0) is 13.8. The van der Waals surface area contributed by atoms with E-state index in [0.29, 0.717) is 30.5 Å². The smallest absolute Gasteiger partial charge is 0.179 e. The lowest BCUT2D eigenvalue weighted by atomic mass is 10.0. The summed E-state index contributed by atoms with van der Waals surface area (Å²) in [6.45, 7) is 7.82. The van der Waals surface area contributed by atoms with Gasteiger partial charge in [-0.25, -0.2) is 0 Å². The molecule has 1 heterocycles. The van der Waals surface area contributed by atoms with E-state index < -0.39 is 0 Å². The Morgan fingerprint density at radius 2 is 1.95 bits per heavy atom. The summed E-state index contributed by atoms with van der Waals surface area (Å²) in [6, 6.07) is 4.09. The third-order valence-electron chi connectivity index (χ3n) is 3.48. The number of nitrogens with two attached hydrogens (primary N) is 1. The van der Waals surface area contributed by atoms with E-state index in [2.05, 4.69) is 18.7 Å². The normalized spacial score (nSPS) is 15.6. The van der Waals surface area contributed by atoms with Crippen molar-refractivity contribution in [3.63, 3.8) is 0 Å². The van der Waals surface area contributed by atoms with Gasteiger partial charge >= 0.3 is 0 Å². The van der Waals surface area contributed by atoms with Crippen LogP contribution in [0.5, 0.6) is 11.5 Å². The second-order valence-electron chi connectivity index (χ2n) is 4.50. The van der Waals surface area contributed by atoms with Crippen LogP contribution in [0.1, 0.15) is 25.5 Å². The number of likely N-dealkylation sites (N-methyl/N-ethyl adjacent to an activating group) is 1. The standard InChI is InChI=1S/C14H21ClN2O2/c1-3-17(4-2)12(9-16)10-7-11(15)14-13(8-10)18-5-6-19-14/h7-8,12H,3-6,9,16H2,1-2H3. The molecule has 1 unspecified atom stereocenters. The second-order valence-corrected chi connectivity index (χ2v) is 4.91. The highest BCUT2D eigenvalue weighted by Crippen LogP contribution is 2.40. The van der Waals surface area contributed by atoms with Gasteiger partial charge in [0.15, 0.2) is 11.5 Å². The van der Waals surface area contributed by atoms with Gasteiger partial charge in [0.25, 0.3) is 0 Å². The van der Waals surface area contributed by atoms with Crippen molar-refractivity contribution in [2.75, 3.05) is 32.8 Å². The average molecular weight is 285 g/mol. The molecule has 1 aromatic rings. The highest BCUT2D eigenvalue weighted by atomic mass is 35.5. The minimum Gasteiger partial charge on any atom is -0.486 e. The summed E-state index contributed by atoms with van der Waals surface area (Å²) in [4.78, 5) is 2.31. The molecule has 0 saturated heterocycles. The molecule has 2 N–H and O–H groups in total. The van der Waals surface area contributed by atoms with E-state index in [1.807, 2.05) is 12.1 Å². The van der Waals surface area contributed by atoms with E-state index in [9.17, 15) is 0 Å². The molecule has 0 spiro atoms. The first-order valence-electron chi connectivity index (χ1n) is 6.74. The van der Waals surface area contributed by atoms with E-state index in [0.717, 1.165) is 24.4 Å². The Labute approximate surface area is 119 Å². The van der Waals surface area contributed by atoms with Crippen LogP contribution in [0.3, 0.4) is 0 Å². The van der Waals surface area contributed by atoms with Gasteiger partial charge in [-0.1, -0.05) is 25.4 Å². The van der Waals surface area contributed by atoms with E-state index in [4.69, 9.17) is 26.8 Å². The number of rotatable bonds is 5. The zero-order valence-electron chi connectivity index (χ0n) is 11.5. The van der Waals surface area contributed by atoms with Gasteiger partial charge in [0.2, 0.25) is 0 Å². The van der Waals surface area contributed by atoms with Crippen LogP contribution in [0, 0.1) is 0 Å². The molecule has 1 aliphatic heterocycles. The average Bonchev–Trinajstić information content (AvgIpc) is 2.44. The SMILES string of the molecule is CCN(CC)C(CN)c1cc(Cl)c2c(c1)OCCO2. The van der Waals surface area contributed by atoms with Crippen molar-refractivity contribution >= 4 is 11.6 Å². The fourth-order valence-electron chi connectivity index (χ4n) is 2.48. The quantitative estimate of drug-likeness (QED) is 0.902. The van der Waals surface area contributed by atoms with E-state index in [1.54, 1.807) is 0 Å². The van der Waals surface area contributed by atoms with Crippen LogP contribution in [0.2, 0.25) is 5.02 Å². The molecule has 2 rings (SSSR count). The van der Waals surface area contributed by atoms with E-state index >= 15 is 0 Å². The molecular weight excluding hydrogens is 264 g/mol. The first kappa shape index (κ1) is 14.4. The van der Waals surface area contributed by atoms with Crippen molar-refractivity contribution < 1.29 is 9.47 Å². The van der Waals surface area contributed by atoms with Gasteiger partial charge in [0, 0.05) is 12.6 Å². The molecule has 0 aliphatic carbocycles. The van der Waals surface area contributed by atoms with Crippen LogP contribution in [0.4, 0.5) is 0 Å². The predicted octanol–water partition coefficient (Wildman–Crippen LogP) is 2.45. The molecule has 0 fully saturated rings. The van der Waals surface area contributed by atoms with Gasteiger partial charge in [-0.3, -0.25) is 4.90 Å².